The molecule has 1 aromatic heterocycles. The first-order valence-corrected chi connectivity index (χ1v) is 4.81. The van der Waals surface area contributed by atoms with Crippen molar-refractivity contribution in [2.45, 2.75) is 5.88 Å². The molecule has 1 heterocycles. The molecule has 1 rings (SSSR count). The third-order valence-electron chi connectivity index (χ3n) is 1.42. The van der Waals surface area contributed by atoms with Crippen molar-refractivity contribution in [3.05, 3.63) is 28.0 Å². The lowest BCUT2D eigenvalue weighted by molar-refractivity contribution is 0.0592. The number of aromatic nitrogens is 1. The van der Waals surface area contributed by atoms with Crippen LogP contribution in [-0.2, 0) is 10.6 Å². The zero-order valence-corrected chi connectivity index (χ0v) is 9.22. The Hall–Kier alpha value is -0.610. The summed E-state index contributed by atoms with van der Waals surface area (Å²) in [5.74, 6) is -0.198. The quantitative estimate of drug-likeness (QED) is 0.608. The van der Waals surface area contributed by atoms with Gasteiger partial charge in [0.1, 0.15) is 0 Å². The van der Waals surface area contributed by atoms with Crippen LogP contribution in [0.5, 0.6) is 0 Å². The van der Waals surface area contributed by atoms with E-state index in [1.54, 1.807) is 12.1 Å². The molecule has 0 aliphatic carbocycles. The minimum absolute atomic E-state index is 0.251. The number of pyridine rings is 1. The van der Waals surface area contributed by atoms with E-state index in [1.807, 2.05) is 0 Å². The maximum absolute atomic E-state index is 11.1. The van der Waals surface area contributed by atoms with Crippen LogP contribution < -0.4 is 0 Å². The highest BCUT2D eigenvalue weighted by molar-refractivity contribution is 9.10. The van der Waals surface area contributed by atoms with Gasteiger partial charge in [-0.2, -0.15) is 0 Å². The fraction of sp³-hybridized carbons (Fsp3) is 0.250. The molecule has 0 aromatic carbocycles. The van der Waals surface area contributed by atoms with E-state index in [9.17, 15) is 4.79 Å². The van der Waals surface area contributed by atoms with Gasteiger partial charge in [0.05, 0.1) is 23.2 Å². The Kier molecular flexibility index (Phi) is 3.69. The van der Waals surface area contributed by atoms with Gasteiger partial charge in [-0.25, -0.2) is 9.78 Å². The van der Waals surface area contributed by atoms with Crippen molar-refractivity contribution in [3.8, 4) is 0 Å². The van der Waals surface area contributed by atoms with Crippen molar-refractivity contribution in [1.82, 2.24) is 4.98 Å². The molecule has 0 N–H and O–H groups in total. The van der Waals surface area contributed by atoms with Crippen LogP contribution in [0.3, 0.4) is 0 Å². The van der Waals surface area contributed by atoms with Crippen molar-refractivity contribution < 1.29 is 9.53 Å². The Morgan fingerprint density at radius 2 is 2.38 bits per heavy atom. The normalized spacial score (nSPS) is 9.77. The van der Waals surface area contributed by atoms with Crippen molar-refractivity contribution >= 4 is 33.5 Å². The molecule has 0 radical (unpaired) electrons. The van der Waals surface area contributed by atoms with Crippen LogP contribution in [0.1, 0.15) is 16.2 Å². The first kappa shape index (κ1) is 10.5. The van der Waals surface area contributed by atoms with Crippen LogP contribution in [0.2, 0.25) is 0 Å². The Morgan fingerprint density at radius 3 is 2.92 bits per heavy atom. The average Bonchev–Trinajstić information content (AvgIpc) is 2.17. The number of methoxy groups -OCH3 is 1. The first-order valence-electron chi connectivity index (χ1n) is 3.48. The Morgan fingerprint density at radius 1 is 1.69 bits per heavy atom. The first-order chi connectivity index (χ1) is 6.19. The maximum atomic E-state index is 11.1. The van der Waals surface area contributed by atoms with E-state index in [4.69, 9.17) is 11.6 Å². The van der Waals surface area contributed by atoms with Crippen LogP contribution in [0.25, 0.3) is 0 Å². The highest BCUT2D eigenvalue weighted by Gasteiger charge is 2.12. The molecular weight excluding hydrogens is 257 g/mol. The van der Waals surface area contributed by atoms with Crippen LogP contribution in [0, 0.1) is 0 Å². The number of halogens is 2. The van der Waals surface area contributed by atoms with E-state index < -0.39 is 5.97 Å². The van der Waals surface area contributed by atoms with E-state index in [-0.39, 0.29) is 11.6 Å². The molecule has 0 amide bonds. The second-order valence-corrected chi connectivity index (χ2v) is 3.38. The van der Waals surface area contributed by atoms with Crippen molar-refractivity contribution in [3.63, 3.8) is 0 Å². The highest BCUT2D eigenvalue weighted by Crippen LogP contribution is 2.16. The highest BCUT2D eigenvalue weighted by atomic mass is 79.9. The number of carbonyl (C=O) groups is 1. The predicted octanol–water partition coefficient (Wildman–Crippen LogP) is 2.37. The topological polar surface area (TPSA) is 39.2 Å². The summed E-state index contributed by atoms with van der Waals surface area (Å²) in [6.45, 7) is 0. The van der Waals surface area contributed by atoms with Gasteiger partial charge in [-0.15, -0.1) is 11.6 Å². The summed E-state index contributed by atoms with van der Waals surface area (Å²) < 4.78 is 5.15. The van der Waals surface area contributed by atoms with Crippen LogP contribution in [0.4, 0.5) is 0 Å². The second kappa shape index (κ2) is 4.58. The molecular formula is C8H7BrClNO2. The summed E-state index contributed by atoms with van der Waals surface area (Å²) >= 11 is 8.76. The Balaban J connectivity index is 3.11. The Labute approximate surface area is 89.2 Å². The molecule has 0 aliphatic rings. The number of ether oxygens (including phenoxy) is 1. The number of hydrogen-bond acceptors (Lipinski definition) is 3. The lowest BCUT2D eigenvalue weighted by atomic mass is 10.3. The number of alkyl halides is 1. The molecule has 3 nitrogen and oxygen atoms in total. The van der Waals surface area contributed by atoms with E-state index >= 15 is 0 Å². The fourth-order valence-electron chi connectivity index (χ4n) is 0.797. The Bertz CT molecular complexity index is 330. The van der Waals surface area contributed by atoms with Gasteiger partial charge in [0.15, 0.2) is 5.69 Å². The summed E-state index contributed by atoms with van der Waals surface area (Å²) in [5.41, 5.74) is 0.894. The zero-order valence-electron chi connectivity index (χ0n) is 6.88. The van der Waals surface area contributed by atoms with Gasteiger partial charge in [0, 0.05) is 0 Å². The monoisotopic (exact) mass is 263 g/mol. The lowest BCUT2D eigenvalue weighted by Gasteiger charge is -2.02. The summed E-state index contributed by atoms with van der Waals surface area (Å²) in [6, 6.07) is 3.46. The van der Waals surface area contributed by atoms with Gasteiger partial charge in [-0.1, -0.05) is 0 Å². The summed E-state index contributed by atoms with van der Waals surface area (Å²) in [7, 11) is 1.31. The third-order valence-corrected chi connectivity index (χ3v) is 2.33. The zero-order chi connectivity index (χ0) is 9.84. The molecule has 0 fully saturated rings. The van der Waals surface area contributed by atoms with Gasteiger partial charge < -0.3 is 4.74 Å². The molecule has 0 aliphatic heterocycles. The van der Waals surface area contributed by atoms with E-state index in [0.29, 0.717) is 10.2 Å². The summed E-state index contributed by atoms with van der Waals surface area (Å²) in [4.78, 5) is 15.2. The molecule has 0 saturated heterocycles. The molecule has 13 heavy (non-hydrogen) atoms. The standard InChI is InChI=1S/C8H7BrClNO2/c1-13-8(12)7-6(9)3-2-5(4-10)11-7/h2-3H,4H2,1H3. The van der Waals surface area contributed by atoms with Gasteiger partial charge >= 0.3 is 5.97 Å². The van der Waals surface area contributed by atoms with E-state index in [2.05, 4.69) is 25.7 Å². The molecule has 0 saturated carbocycles. The van der Waals surface area contributed by atoms with E-state index in [0.717, 1.165) is 0 Å². The fourth-order valence-corrected chi connectivity index (χ4v) is 1.33. The maximum Gasteiger partial charge on any atom is 0.357 e. The lowest BCUT2D eigenvalue weighted by Crippen LogP contribution is -2.06. The largest absolute Gasteiger partial charge is 0.464 e. The van der Waals surface area contributed by atoms with Gasteiger partial charge in [-0.3, -0.25) is 0 Å². The third kappa shape index (κ3) is 2.42. The number of rotatable bonds is 2. The van der Waals surface area contributed by atoms with Crippen LogP contribution >= 0.6 is 27.5 Å². The van der Waals surface area contributed by atoms with Crippen LogP contribution in [0.15, 0.2) is 16.6 Å². The molecule has 1 aromatic rings. The number of esters is 1. The average molecular weight is 265 g/mol. The van der Waals surface area contributed by atoms with Gasteiger partial charge in [0.2, 0.25) is 0 Å². The molecule has 70 valence electrons. The van der Waals surface area contributed by atoms with Crippen LogP contribution in [-0.4, -0.2) is 18.1 Å². The summed E-state index contributed by atoms with van der Waals surface area (Å²) in [5, 5.41) is 0. The van der Waals surface area contributed by atoms with Crippen molar-refractivity contribution in [2.75, 3.05) is 7.11 Å². The molecule has 0 unspecified atom stereocenters. The minimum atomic E-state index is -0.473. The smallest absolute Gasteiger partial charge is 0.357 e. The number of carbonyl (C=O) groups excluding carboxylic acids is 1. The van der Waals surface area contributed by atoms with Gasteiger partial charge in [-0.05, 0) is 28.1 Å². The predicted molar refractivity (Wildman–Crippen MR) is 52.8 cm³/mol. The molecule has 0 atom stereocenters. The number of hydrogen-bond donors (Lipinski definition) is 0. The van der Waals surface area contributed by atoms with Crippen molar-refractivity contribution in [2.24, 2.45) is 0 Å². The van der Waals surface area contributed by atoms with E-state index in [1.165, 1.54) is 7.11 Å². The van der Waals surface area contributed by atoms with Gasteiger partial charge in [0.25, 0.3) is 0 Å². The molecule has 0 bridgehead atoms. The van der Waals surface area contributed by atoms with Crippen molar-refractivity contribution in [1.29, 1.82) is 0 Å². The minimum Gasteiger partial charge on any atom is -0.464 e. The number of nitrogens with zero attached hydrogens (tertiary/aromatic N) is 1. The summed E-state index contributed by atoms with van der Waals surface area (Å²) in [6.07, 6.45) is 0. The molecule has 0 spiro atoms. The SMILES string of the molecule is COC(=O)c1nc(CCl)ccc1Br. The second-order valence-electron chi connectivity index (χ2n) is 2.26. The molecule has 5 heteroatoms.